The summed E-state index contributed by atoms with van der Waals surface area (Å²) in [6.45, 7) is 4.42. The zero-order valence-electron chi connectivity index (χ0n) is 9.60. The number of hydrogen-bond donors (Lipinski definition) is 1. The van der Waals surface area contributed by atoms with Crippen LogP contribution in [0, 0.1) is 5.92 Å². The van der Waals surface area contributed by atoms with Gasteiger partial charge < -0.3 is 5.73 Å². The lowest BCUT2D eigenvalue weighted by molar-refractivity contribution is 0.644. The second-order valence-electron chi connectivity index (χ2n) is 4.34. The third-order valence-corrected chi connectivity index (χ3v) is 3.38. The van der Waals surface area contributed by atoms with Gasteiger partial charge in [-0.1, -0.05) is 26.0 Å². The van der Waals surface area contributed by atoms with Crippen molar-refractivity contribution in [3.8, 4) is 10.4 Å². The first kappa shape index (κ1) is 11.1. The van der Waals surface area contributed by atoms with Gasteiger partial charge in [0.15, 0.2) is 0 Å². The number of anilines is 1. The topological polar surface area (TPSA) is 38.9 Å². The van der Waals surface area contributed by atoms with E-state index in [0.29, 0.717) is 5.92 Å². The molecular weight excluding hydrogens is 216 g/mol. The Balaban J connectivity index is 2.24. The molecule has 16 heavy (non-hydrogen) atoms. The summed E-state index contributed by atoms with van der Waals surface area (Å²) >= 11 is 1.76. The van der Waals surface area contributed by atoms with Gasteiger partial charge in [0.05, 0.1) is 9.88 Å². The van der Waals surface area contributed by atoms with Crippen molar-refractivity contribution >= 4 is 17.0 Å². The van der Waals surface area contributed by atoms with Gasteiger partial charge in [-0.3, -0.25) is 0 Å². The molecule has 1 heterocycles. The molecule has 0 aliphatic rings. The third-order valence-electron chi connectivity index (χ3n) is 2.31. The van der Waals surface area contributed by atoms with Crippen molar-refractivity contribution in [1.82, 2.24) is 4.98 Å². The molecule has 0 saturated heterocycles. The zero-order chi connectivity index (χ0) is 11.5. The van der Waals surface area contributed by atoms with Gasteiger partial charge in [0, 0.05) is 18.3 Å². The lowest BCUT2D eigenvalue weighted by Crippen LogP contribution is -1.91. The molecule has 84 valence electrons. The molecule has 2 N–H and O–H groups in total. The highest BCUT2D eigenvalue weighted by atomic mass is 32.1. The number of benzene rings is 1. The van der Waals surface area contributed by atoms with Crippen LogP contribution in [0.5, 0.6) is 0 Å². The minimum Gasteiger partial charge on any atom is -0.399 e. The number of rotatable bonds is 3. The molecule has 0 radical (unpaired) electrons. The predicted molar refractivity (Wildman–Crippen MR) is 70.5 cm³/mol. The molecule has 2 nitrogen and oxygen atoms in total. The number of nitrogens with two attached hydrogens (primary N) is 1. The molecule has 0 unspecified atom stereocenters. The fourth-order valence-corrected chi connectivity index (χ4v) is 2.71. The van der Waals surface area contributed by atoms with E-state index in [1.54, 1.807) is 11.3 Å². The molecule has 2 aromatic rings. The Bertz CT molecular complexity index is 474. The van der Waals surface area contributed by atoms with E-state index < -0.39 is 0 Å². The second-order valence-corrected chi connectivity index (χ2v) is 5.46. The van der Waals surface area contributed by atoms with Crippen LogP contribution in [-0.2, 0) is 6.42 Å². The SMILES string of the molecule is CC(C)Cc1ncc(-c2cccc(N)c2)s1. The van der Waals surface area contributed by atoms with Crippen molar-refractivity contribution in [2.45, 2.75) is 20.3 Å². The molecule has 0 amide bonds. The number of aromatic nitrogens is 1. The smallest absolute Gasteiger partial charge is 0.0933 e. The Hall–Kier alpha value is -1.35. The normalized spacial score (nSPS) is 10.9. The Labute approximate surface area is 100 Å². The number of thiazole rings is 1. The van der Waals surface area contributed by atoms with Crippen LogP contribution in [0.2, 0.25) is 0 Å². The lowest BCUT2D eigenvalue weighted by atomic mass is 10.1. The monoisotopic (exact) mass is 232 g/mol. The fourth-order valence-electron chi connectivity index (χ4n) is 1.58. The van der Waals surface area contributed by atoms with E-state index in [2.05, 4.69) is 24.9 Å². The Morgan fingerprint density at radius 1 is 1.38 bits per heavy atom. The quantitative estimate of drug-likeness (QED) is 0.821. The van der Waals surface area contributed by atoms with Crippen molar-refractivity contribution in [3.05, 3.63) is 35.5 Å². The highest BCUT2D eigenvalue weighted by molar-refractivity contribution is 7.15. The van der Waals surface area contributed by atoms with Crippen LogP contribution < -0.4 is 5.73 Å². The summed E-state index contributed by atoms with van der Waals surface area (Å²) in [6, 6.07) is 7.95. The standard InChI is InChI=1S/C13H16N2S/c1-9(2)6-13-15-8-12(16-13)10-4-3-5-11(14)7-10/h3-5,7-9H,6,14H2,1-2H3. The van der Waals surface area contributed by atoms with Gasteiger partial charge in [-0.05, 0) is 23.6 Å². The molecular formula is C13H16N2S. The molecule has 3 heteroatoms. The Kier molecular flexibility index (Phi) is 3.25. The van der Waals surface area contributed by atoms with Crippen LogP contribution in [0.1, 0.15) is 18.9 Å². The molecule has 0 aliphatic heterocycles. The van der Waals surface area contributed by atoms with Crippen LogP contribution >= 0.6 is 11.3 Å². The van der Waals surface area contributed by atoms with Crippen molar-refractivity contribution in [2.75, 3.05) is 5.73 Å². The van der Waals surface area contributed by atoms with E-state index in [1.807, 2.05) is 24.4 Å². The average Bonchev–Trinajstić information content (AvgIpc) is 2.65. The number of nitrogen functional groups attached to an aromatic ring is 1. The molecule has 0 spiro atoms. The maximum atomic E-state index is 5.77. The molecule has 2 rings (SSSR count). The van der Waals surface area contributed by atoms with Gasteiger partial charge in [-0.15, -0.1) is 11.3 Å². The predicted octanol–water partition coefficient (Wildman–Crippen LogP) is 3.59. The van der Waals surface area contributed by atoms with Gasteiger partial charge in [0.2, 0.25) is 0 Å². The Morgan fingerprint density at radius 2 is 2.19 bits per heavy atom. The summed E-state index contributed by atoms with van der Waals surface area (Å²) in [7, 11) is 0. The van der Waals surface area contributed by atoms with E-state index in [9.17, 15) is 0 Å². The number of hydrogen-bond acceptors (Lipinski definition) is 3. The van der Waals surface area contributed by atoms with Gasteiger partial charge >= 0.3 is 0 Å². The Morgan fingerprint density at radius 3 is 2.88 bits per heavy atom. The van der Waals surface area contributed by atoms with Crippen molar-refractivity contribution < 1.29 is 0 Å². The average molecular weight is 232 g/mol. The van der Waals surface area contributed by atoms with Crippen LogP contribution in [0.25, 0.3) is 10.4 Å². The largest absolute Gasteiger partial charge is 0.399 e. The highest BCUT2D eigenvalue weighted by Crippen LogP contribution is 2.28. The van der Waals surface area contributed by atoms with Gasteiger partial charge in [-0.25, -0.2) is 4.98 Å². The minimum absolute atomic E-state index is 0.653. The van der Waals surface area contributed by atoms with Crippen LogP contribution in [0.4, 0.5) is 5.69 Å². The summed E-state index contributed by atoms with van der Waals surface area (Å²) in [5.74, 6) is 0.653. The van der Waals surface area contributed by atoms with Crippen molar-refractivity contribution in [2.24, 2.45) is 5.92 Å². The maximum Gasteiger partial charge on any atom is 0.0933 e. The first-order valence-corrected chi connectivity index (χ1v) is 6.27. The van der Waals surface area contributed by atoms with Crippen LogP contribution in [-0.4, -0.2) is 4.98 Å². The summed E-state index contributed by atoms with van der Waals surface area (Å²) < 4.78 is 0. The number of nitrogens with zero attached hydrogens (tertiary/aromatic N) is 1. The first-order chi connectivity index (χ1) is 7.65. The molecule has 0 aliphatic carbocycles. The van der Waals surface area contributed by atoms with Gasteiger partial charge in [-0.2, -0.15) is 0 Å². The highest BCUT2D eigenvalue weighted by Gasteiger charge is 2.06. The van der Waals surface area contributed by atoms with E-state index in [1.165, 1.54) is 9.88 Å². The second kappa shape index (κ2) is 4.66. The zero-order valence-corrected chi connectivity index (χ0v) is 10.4. The molecule has 1 aromatic carbocycles. The van der Waals surface area contributed by atoms with Crippen LogP contribution in [0.15, 0.2) is 30.5 Å². The third kappa shape index (κ3) is 2.61. The van der Waals surface area contributed by atoms with E-state index in [-0.39, 0.29) is 0 Å². The van der Waals surface area contributed by atoms with Crippen LogP contribution in [0.3, 0.4) is 0 Å². The summed E-state index contributed by atoms with van der Waals surface area (Å²) in [5.41, 5.74) is 7.73. The van der Waals surface area contributed by atoms with E-state index in [4.69, 9.17) is 5.73 Å². The molecule has 1 aromatic heterocycles. The summed E-state index contributed by atoms with van der Waals surface area (Å²) in [6.07, 6.45) is 2.99. The molecule has 0 atom stereocenters. The van der Waals surface area contributed by atoms with E-state index in [0.717, 1.165) is 17.7 Å². The first-order valence-electron chi connectivity index (χ1n) is 5.46. The van der Waals surface area contributed by atoms with Crippen molar-refractivity contribution in [1.29, 1.82) is 0 Å². The lowest BCUT2D eigenvalue weighted by Gasteiger charge is -1.99. The summed E-state index contributed by atoms with van der Waals surface area (Å²) in [5, 5.41) is 1.20. The molecule has 0 bridgehead atoms. The van der Waals surface area contributed by atoms with Crippen molar-refractivity contribution in [3.63, 3.8) is 0 Å². The molecule has 0 saturated carbocycles. The van der Waals surface area contributed by atoms with Gasteiger partial charge in [0.1, 0.15) is 0 Å². The molecule has 0 fully saturated rings. The maximum absolute atomic E-state index is 5.77. The summed E-state index contributed by atoms with van der Waals surface area (Å²) in [4.78, 5) is 5.64. The van der Waals surface area contributed by atoms with Gasteiger partial charge in [0.25, 0.3) is 0 Å². The minimum atomic E-state index is 0.653. The van der Waals surface area contributed by atoms with E-state index >= 15 is 0 Å². The fraction of sp³-hybridized carbons (Fsp3) is 0.308.